The van der Waals surface area contributed by atoms with Crippen LogP contribution in [0.1, 0.15) is 26.7 Å². The molecule has 68 valence electrons. The highest BCUT2D eigenvalue weighted by atomic mass is 16.5. The molecule has 0 aliphatic rings. The summed E-state index contributed by atoms with van der Waals surface area (Å²) in [7, 11) is 1.27. The monoisotopic (exact) mass is 170 g/mol. The smallest absolute Gasteiger partial charge is 0.313 e. The number of Topliss-reactive ketones (excluding diaryl/α,β-unsaturated/α-hetero) is 1. The zero-order valence-electron chi connectivity index (χ0n) is 7.72. The summed E-state index contributed by atoms with van der Waals surface area (Å²) < 4.78 is 4.35. The molecule has 0 aromatic rings. The van der Waals surface area contributed by atoms with Gasteiger partial charge in [-0.25, -0.2) is 0 Å². The third-order valence-corrected chi connectivity index (χ3v) is 1.31. The van der Waals surface area contributed by atoms with E-state index in [-0.39, 0.29) is 12.2 Å². The van der Waals surface area contributed by atoms with E-state index in [1.54, 1.807) is 6.08 Å². The SMILES string of the molecule is COC(=O)CC(=O)CC=C(C)C. The van der Waals surface area contributed by atoms with Crippen molar-refractivity contribution in [2.75, 3.05) is 7.11 Å². The molecule has 0 atom stereocenters. The lowest BCUT2D eigenvalue weighted by atomic mass is 10.2. The van der Waals surface area contributed by atoms with Crippen molar-refractivity contribution in [3.8, 4) is 0 Å². The molecular weight excluding hydrogens is 156 g/mol. The first-order valence-corrected chi connectivity index (χ1v) is 3.78. The molecule has 12 heavy (non-hydrogen) atoms. The highest BCUT2D eigenvalue weighted by molar-refractivity contribution is 5.96. The second-order valence-electron chi connectivity index (χ2n) is 2.78. The fourth-order valence-electron chi connectivity index (χ4n) is 0.623. The molecular formula is C9H14O3. The van der Waals surface area contributed by atoms with Crippen LogP contribution in [0.4, 0.5) is 0 Å². The van der Waals surface area contributed by atoms with Gasteiger partial charge in [0.1, 0.15) is 12.2 Å². The molecule has 0 aromatic carbocycles. The Bertz CT molecular complexity index is 200. The summed E-state index contributed by atoms with van der Waals surface area (Å²) in [5.41, 5.74) is 1.08. The highest BCUT2D eigenvalue weighted by Crippen LogP contribution is 1.97. The Morgan fingerprint density at radius 3 is 2.33 bits per heavy atom. The first-order chi connectivity index (χ1) is 5.56. The van der Waals surface area contributed by atoms with Crippen LogP contribution < -0.4 is 0 Å². The number of carbonyl (C=O) groups is 2. The van der Waals surface area contributed by atoms with E-state index in [0.717, 1.165) is 5.57 Å². The lowest BCUT2D eigenvalue weighted by Gasteiger charge is -1.96. The standard InChI is InChI=1S/C9H14O3/c1-7(2)4-5-8(10)6-9(11)12-3/h4H,5-6H2,1-3H3. The van der Waals surface area contributed by atoms with Gasteiger partial charge in [-0.15, -0.1) is 0 Å². The summed E-state index contributed by atoms with van der Waals surface area (Å²) in [5, 5.41) is 0. The number of esters is 1. The predicted molar refractivity (Wildman–Crippen MR) is 45.7 cm³/mol. The minimum atomic E-state index is -0.470. The maximum Gasteiger partial charge on any atom is 0.313 e. The molecule has 3 heteroatoms. The molecule has 0 saturated heterocycles. The van der Waals surface area contributed by atoms with Crippen LogP contribution >= 0.6 is 0 Å². The highest BCUT2D eigenvalue weighted by Gasteiger charge is 2.06. The number of methoxy groups -OCH3 is 1. The molecule has 0 fully saturated rings. The number of hydrogen-bond acceptors (Lipinski definition) is 3. The third kappa shape index (κ3) is 5.65. The van der Waals surface area contributed by atoms with Crippen molar-refractivity contribution in [2.24, 2.45) is 0 Å². The molecule has 0 aromatic heterocycles. The molecule has 0 radical (unpaired) electrons. The lowest BCUT2D eigenvalue weighted by Crippen LogP contribution is -2.08. The van der Waals surface area contributed by atoms with Gasteiger partial charge in [-0.2, -0.15) is 0 Å². The zero-order chi connectivity index (χ0) is 9.56. The second kappa shape index (κ2) is 5.52. The van der Waals surface area contributed by atoms with E-state index >= 15 is 0 Å². The summed E-state index contributed by atoms with van der Waals surface area (Å²) in [6.45, 7) is 3.82. The molecule has 0 aliphatic heterocycles. The van der Waals surface area contributed by atoms with Crippen molar-refractivity contribution < 1.29 is 14.3 Å². The maximum absolute atomic E-state index is 11.0. The van der Waals surface area contributed by atoms with Gasteiger partial charge in [0.15, 0.2) is 0 Å². The van der Waals surface area contributed by atoms with Crippen LogP contribution in [-0.2, 0) is 14.3 Å². The van der Waals surface area contributed by atoms with E-state index in [0.29, 0.717) is 6.42 Å². The van der Waals surface area contributed by atoms with E-state index in [9.17, 15) is 9.59 Å². The van der Waals surface area contributed by atoms with Gasteiger partial charge in [-0.1, -0.05) is 11.6 Å². The average molecular weight is 170 g/mol. The third-order valence-electron chi connectivity index (χ3n) is 1.31. The van der Waals surface area contributed by atoms with Gasteiger partial charge >= 0.3 is 5.97 Å². The fourth-order valence-corrected chi connectivity index (χ4v) is 0.623. The van der Waals surface area contributed by atoms with Gasteiger partial charge in [0.25, 0.3) is 0 Å². The molecule has 0 rings (SSSR count). The quantitative estimate of drug-likeness (QED) is 0.364. The number of carbonyl (C=O) groups excluding carboxylic acids is 2. The number of ketones is 1. The van der Waals surface area contributed by atoms with Crippen LogP contribution in [0.25, 0.3) is 0 Å². The number of ether oxygens (including phenoxy) is 1. The van der Waals surface area contributed by atoms with Crippen LogP contribution in [0.3, 0.4) is 0 Å². The van der Waals surface area contributed by atoms with Crippen molar-refractivity contribution in [3.63, 3.8) is 0 Å². The summed E-state index contributed by atoms with van der Waals surface area (Å²) in [6, 6.07) is 0. The van der Waals surface area contributed by atoms with E-state index < -0.39 is 5.97 Å². The first-order valence-electron chi connectivity index (χ1n) is 3.78. The first kappa shape index (κ1) is 10.9. The van der Waals surface area contributed by atoms with Crippen LogP contribution in [0.5, 0.6) is 0 Å². The minimum Gasteiger partial charge on any atom is -0.469 e. The minimum absolute atomic E-state index is 0.108. The van der Waals surface area contributed by atoms with Gasteiger partial charge in [0, 0.05) is 6.42 Å². The van der Waals surface area contributed by atoms with Crippen molar-refractivity contribution in [1.82, 2.24) is 0 Å². The molecule has 0 heterocycles. The summed E-state index contributed by atoms with van der Waals surface area (Å²) in [6.07, 6.45) is 1.99. The van der Waals surface area contributed by atoms with E-state index in [4.69, 9.17) is 0 Å². The Morgan fingerprint density at radius 1 is 1.33 bits per heavy atom. The fraction of sp³-hybridized carbons (Fsp3) is 0.556. The second-order valence-corrected chi connectivity index (χ2v) is 2.78. The number of hydrogen-bond donors (Lipinski definition) is 0. The van der Waals surface area contributed by atoms with Crippen molar-refractivity contribution >= 4 is 11.8 Å². The Balaban J connectivity index is 3.75. The van der Waals surface area contributed by atoms with Crippen LogP contribution in [-0.4, -0.2) is 18.9 Å². The topological polar surface area (TPSA) is 43.4 Å². The molecule has 0 unspecified atom stereocenters. The molecule has 0 amide bonds. The van der Waals surface area contributed by atoms with Gasteiger partial charge < -0.3 is 4.74 Å². The summed E-state index contributed by atoms with van der Waals surface area (Å²) in [5.74, 6) is -0.579. The van der Waals surface area contributed by atoms with Crippen LogP contribution in [0.15, 0.2) is 11.6 Å². The molecule has 0 aliphatic carbocycles. The summed E-state index contributed by atoms with van der Waals surface area (Å²) in [4.78, 5) is 21.6. The lowest BCUT2D eigenvalue weighted by molar-refractivity contribution is -0.143. The van der Waals surface area contributed by atoms with Crippen molar-refractivity contribution in [2.45, 2.75) is 26.7 Å². The normalized spacial score (nSPS) is 8.92. The van der Waals surface area contributed by atoms with Crippen LogP contribution in [0, 0.1) is 0 Å². The van der Waals surface area contributed by atoms with Gasteiger partial charge in [0.05, 0.1) is 7.11 Å². The largest absolute Gasteiger partial charge is 0.469 e. The van der Waals surface area contributed by atoms with Crippen molar-refractivity contribution in [3.05, 3.63) is 11.6 Å². The Morgan fingerprint density at radius 2 is 1.92 bits per heavy atom. The Labute approximate surface area is 72.4 Å². The molecule has 0 N–H and O–H groups in total. The van der Waals surface area contributed by atoms with Gasteiger partial charge in [-0.05, 0) is 13.8 Å². The van der Waals surface area contributed by atoms with Gasteiger partial charge in [0.2, 0.25) is 0 Å². The Hall–Kier alpha value is -1.12. The predicted octanol–water partition coefficient (Wildman–Crippen LogP) is 1.47. The van der Waals surface area contributed by atoms with E-state index in [1.165, 1.54) is 7.11 Å². The molecule has 0 bridgehead atoms. The van der Waals surface area contributed by atoms with Crippen molar-refractivity contribution in [1.29, 1.82) is 0 Å². The Kier molecular flexibility index (Phi) is 5.00. The molecule has 3 nitrogen and oxygen atoms in total. The van der Waals surface area contributed by atoms with E-state index in [2.05, 4.69) is 4.74 Å². The number of rotatable bonds is 4. The number of allylic oxidation sites excluding steroid dienone is 2. The van der Waals surface area contributed by atoms with Gasteiger partial charge in [-0.3, -0.25) is 9.59 Å². The molecule has 0 spiro atoms. The maximum atomic E-state index is 11.0. The van der Waals surface area contributed by atoms with E-state index in [1.807, 2.05) is 13.8 Å². The molecule has 0 saturated carbocycles. The van der Waals surface area contributed by atoms with Crippen LogP contribution in [0.2, 0.25) is 0 Å². The average Bonchev–Trinajstić information content (AvgIpc) is 2.00. The summed E-state index contributed by atoms with van der Waals surface area (Å²) >= 11 is 0. The zero-order valence-corrected chi connectivity index (χ0v) is 7.72.